The molecule has 2 unspecified atom stereocenters. The van der Waals surface area contributed by atoms with E-state index in [1.54, 1.807) is 6.07 Å². The summed E-state index contributed by atoms with van der Waals surface area (Å²) in [6.07, 6.45) is 3.49. The number of anilines is 1. The maximum absolute atomic E-state index is 10.8. The fourth-order valence-electron chi connectivity index (χ4n) is 2.67. The predicted octanol–water partition coefficient (Wildman–Crippen LogP) is 3.50. The minimum absolute atomic E-state index is 0.0418. The average molecular weight is 298 g/mol. The summed E-state index contributed by atoms with van der Waals surface area (Å²) in [5, 5.41) is 17.9. The molecule has 1 saturated heterocycles. The number of hydrogen-bond donors (Lipinski definition) is 2. The molecule has 2 N–H and O–H groups in total. The van der Waals surface area contributed by atoms with E-state index in [0.29, 0.717) is 12.1 Å². The second-order valence-corrected chi connectivity index (χ2v) is 5.86. The van der Waals surface area contributed by atoms with E-state index in [2.05, 4.69) is 17.6 Å². The Labute approximate surface area is 123 Å². The summed E-state index contributed by atoms with van der Waals surface area (Å²) in [5.41, 5.74) is 1.67. The molecule has 1 heterocycles. The van der Waals surface area contributed by atoms with Gasteiger partial charge in [-0.25, -0.2) is 0 Å². The molecule has 0 aromatic heterocycles. The van der Waals surface area contributed by atoms with Crippen molar-refractivity contribution in [3.63, 3.8) is 0 Å². The van der Waals surface area contributed by atoms with Crippen molar-refractivity contribution in [2.24, 2.45) is 0 Å². The van der Waals surface area contributed by atoms with Gasteiger partial charge in [0.25, 0.3) is 5.69 Å². The van der Waals surface area contributed by atoms with Gasteiger partial charge < -0.3 is 10.6 Å². The van der Waals surface area contributed by atoms with Crippen LogP contribution in [-0.4, -0.2) is 23.6 Å². The zero-order valence-electron chi connectivity index (χ0n) is 11.8. The lowest BCUT2D eigenvalue weighted by atomic mass is 10.1. The first-order chi connectivity index (χ1) is 9.47. The number of nitrogens with one attached hydrogen (secondary N) is 2. The van der Waals surface area contributed by atoms with Crippen molar-refractivity contribution in [1.82, 2.24) is 5.32 Å². The molecule has 1 aromatic carbocycles. The average Bonchev–Trinajstić information content (AvgIpc) is 2.85. The molecule has 6 heteroatoms. The van der Waals surface area contributed by atoms with E-state index < -0.39 is 4.92 Å². The molecule has 0 spiro atoms. The summed E-state index contributed by atoms with van der Waals surface area (Å²) in [4.78, 5) is 10.4. The van der Waals surface area contributed by atoms with Gasteiger partial charge in [-0.1, -0.05) is 11.6 Å². The Bertz CT molecular complexity index is 501. The van der Waals surface area contributed by atoms with Crippen LogP contribution in [0.15, 0.2) is 12.1 Å². The molecule has 0 bridgehead atoms. The Morgan fingerprint density at radius 2 is 2.35 bits per heavy atom. The van der Waals surface area contributed by atoms with Gasteiger partial charge in [-0.3, -0.25) is 10.1 Å². The second-order valence-electron chi connectivity index (χ2n) is 5.45. The minimum Gasteiger partial charge on any atom is -0.382 e. The summed E-state index contributed by atoms with van der Waals surface area (Å²) in [5.74, 6) is 0. The van der Waals surface area contributed by atoms with E-state index in [-0.39, 0.29) is 10.7 Å². The van der Waals surface area contributed by atoms with Gasteiger partial charge in [0.1, 0.15) is 5.02 Å². The standard InChI is InChI=1S/C14H20ClN3O2/c1-9-6-14(18(19)20)12(15)8-13(9)17-10(2)7-11-4-3-5-16-11/h6,8,10-11,16-17H,3-5,7H2,1-2H3. The number of halogens is 1. The molecular weight excluding hydrogens is 278 g/mol. The number of aryl methyl sites for hydroxylation is 1. The molecule has 1 aliphatic heterocycles. The Hall–Kier alpha value is -1.33. The molecule has 1 fully saturated rings. The highest BCUT2D eigenvalue weighted by molar-refractivity contribution is 6.33. The summed E-state index contributed by atoms with van der Waals surface area (Å²) >= 11 is 5.96. The van der Waals surface area contributed by atoms with Crippen molar-refractivity contribution in [3.8, 4) is 0 Å². The molecule has 1 aromatic rings. The van der Waals surface area contributed by atoms with Crippen LogP contribution in [0.1, 0.15) is 31.7 Å². The number of benzene rings is 1. The molecule has 20 heavy (non-hydrogen) atoms. The van der Waals surface area contributed by atoms with Gasteiger partial charge in [0.05, 0.1) is 4.92 Å². The number of nitro benzene ring substituents is 1. The van der Waals surface area contributed by atoms with E-state index in [0.717, 1.165) is 24.2 Å². The van der Waals surface area contributed by atoms with Crippen LogP contribution >= 0.6 is 11.6 Å². The van der Waals surface area contributed by atoms with Crippen LogP contribution in [-0.2, 0) is 0 Å². The van der Waals surface area contributed by atoms with Gasteiger partial charge in [0.2, 0.25) is 0 Å². The smallest absolute Gasteiger partial charge is 0.288 e. The molecule has 5 nitrogen and oxygen atoms in total. The van der Waals surface area contributed by atoms with Gasteiger partial charge in [-0.2, -0.15) is 0 Å². The molecule has 2 rings (SSSR count). The van der Waals surface area contributed by atoms with E-state index >= 15 is 0 Å². The highest BCUT2D eigenvalue weighted by atomic mass is 35.5. The molecular formula is C14H20ClN3O2. The maximum Gasteiger partial charge on any atom is 0.288 e. The van der Waals surface area contributed by atoms with Crippen LogP contribution in [0.25, 0.3) is 0 Å². The van der Waals surface area contributed by atoms with Gasteiger partial charge in [0, 0.05) is 23.8 Å². The number of nitro groups is 1. The van der Waals surface area contributed by atoms with E-state index in [9.17, 15) is 10.1 Å². The van der Waals surface area contributed by atoms with Crippen molar-refractivity contribution < 1.29 is 4.92 Å². The Balaban J connectivity index is 2.05. The molecule has 110 valence electrons. The van der Waals surface area contributed by atoms with Gasteiger partial charge in [-0.15, -0.1) is 0 Å². The first-order valence-electron chi connectivity index (χ1n) is 6.92. The highest BCUT2D eigenvalue weighted by Gasteiger charge is 2.19. The fraction of sp³-hybridized carbons (Fsp3) is 0.571. The third-order valence-corrected chi connectivity index (χ3v) is 4.00. The van der Waals surface area contributed by atoms with Crippen molar-refractivity contribution >= 4 is 23.0 Å². The van der Waals surface area contributed by atoms with Gasteiger partial charge >= 0.3 is 0 Å². The van der Waals surface area contributed by atoms with E-state index in [1.807, 2.05) is 6.92 Å². The Morgan fingerprint density at radius 1 is 1.60 bits per heavy atom. The third-order valence-electron chi connectivity index (χ3n) is 3.69. The lowest BCUT2D eigenvalue weighted by molar-refractivity contribution is -0.384. The van der Waals surface area contributed by atoms with Crippen LogP contribution in [0, 0.1) is 17.0 Å². The normalized spacial score (nSPS) is 19.9. The molecule has 0 aliphatic carbocycles. The molecule has 1 aliphatic rings. The van der Waals surface area contributed by atoms with Crippen molar-refractivity contribution in [2.45, 2.75) is 45.2 Å². The lowest BCUT2D eigenvalue weighted by Crippen LogP contribution is -2.29. The highest BCUT2D eigenvalue weighted by Crippen LogP contribution is 2.31. The van der Waals surface area contributed by atoms with Crippen LogP contribution in [0.3, 0.4) is 0 Å². The number of nitrogens with zero attached hydrogens (tertiary/aromatic N) is 1. The second kappa shape index (κ2) is 6.41. The van der Waals surface area contributed by atoms with Crippen LogP contribution in [0.5, 0.6) is 0 Å². The number of rotatable bonds is 5. The summed E-state index contributed by atoms with van der Waals surface area (Å²) in [7, 11) is 0. The Morgan fingerprint density at radius 3 is 2.95 bits per heavy atom. The predicted molar refractivity (Wildman–Crippen MR) is 81.6 cm³/mol. The first kappa shape index (κ1) is 15.1. The third kappa shape index (κ3) is 3.61. The lowest BCUT2D eigenvalue weighted by Gasteiger charge is -2.20. The quantitative estimate of drug-likeness (QED) is 0.645. The van der Waals surface area contributed by atoms with Crippen LogP contribution < -0.4 is 10.6 Å². The monoisotopic (exact) mass is 297 g/mol. The summed E-state index contributed by atoms with van der Waals surface area (Å²) < 4.78 is 0. The molecule has 0 amide bonds. The molecule has 0 radical (unpaired) electrons. The van der Waals surface area contributed by atoms with Gasteiger partial charge in [0.15, 0.2) is 0 Å². The minimum atomic E-state index is -0.453. The zero-order valence-corrected chi connectivity index (χ0v) is 12.5. The van der Waals surface area contributed by atoms with Crippen molar-refractivity contribution in [1.29, 1.82) is 0 Å². The Kier molecular flexibility index (Phi) is 4.83. The maximum atomic E-state index is 10.8. The largest absolute Gasteiger partial charge is 0.382 e. The number of hydrogen-bond acceptors (Lipinski definition) is 4. The molecule has 0 saturated carbocycles. The summed E-state index contributed by atoms with van der Waals surface area (Å²) in [6, 6.07) is 4.02. The topological polar surface area (TPSA) is 67.2 Å². The van der Waals surface area contributed by atoms with Crippen LogP contribution in [0.4, 0.5) is 11.4 Å². The van der Waals surface area contributed by atoms with Crippen LogP contribution in [0.2, 0.25) is 5.02 Å². The van der Waals surface area contributed by atoms with Crippen molar-refractivity contribution in [2.75, 3.05) is 11.9 Å². The van der Waals surface area contributed by atoms with E-state index in [4.69, 9.17) is 11.6 Å². The van der Waals surface area contributed by atoms with Crippen molar-refractivity contribution in [3.05, 3.63) is 32.8 Å². The molecule has 2 atom stereocenters. The fourth-order valence-corrected chi connectivity index (χ4v) is 2.90. The first-order valence-corrected chi connectivity index (χ1v) is 7.29. The van der Waals surface area contributed by atoms with Gasteiger partial charge in [-0.05, 0) is 51.3 Å². The van der Waals surface area contributed by atoms with E-state index in [1.165, 1.54) is 18.9 Å². The summed E-state index contributed by atoms with van der Waals surface area (Å²) in [6.45, 7) is 5.07. The zero-order chi connectivity index (χ0) is 14.7. The SMILES string of the molecule is Cc1cc([N+](=O)[O-])c(Cl)cc1NC(C)CC1CCCN1.